The molecule has 2 fully saturated rings. The van der Waals surface area contributed by atoms with Crippen molar-refractivity contribution in [2.45, 2.75) is 24.9 Å². The topological polar surface area (TPSA) is 152 Å². The maximum absolute atomic E-state index is 13.1. The number of nitrogens with two attached hydrogens (primary N) is 1. The van der Waals surface area contributed by atoms with Crippen LogP contribution in [-0.4, -0.2) is 44.9 Å². The van der Waals surface area contributed by atoms with E-state index in [1.807, 2.05) is 0 Å². The third-order valence-corrected chi connectivity index (χ3v) is 6.14. The van der Waals surface area contributed by atoms with Crippen molar-refractivity contribution in [3.8, 4) is 5.75 Å². The molecule has 3 aliphatic carbocycles. The molecule has 27 heavy (non-hydrogen) atoms. The summed E-state index contributed by atoms with van der Waals surface area (Å²) in [6, 6.07) is 4.60. The van der Waals surface area contributed by atoms with Gasteiger partial charge in [-0.25, -0.2) is 0 Å². The van der Waals surface area contributed by atoms with Crippen molar-refractivity contribution in [3.63, 3.8) is 0 Å². The van der Waals surface area contributed by atoms with Gasteiger partial charge in [-0.15, -0.1) is 0 Å². The van der Waals surface area contributed by atoms with Gasteiger partial charge in [0.2, 0.25) is 5.91 Å². The average Bonchev–Trinajstić information content (AvgIpc) is 2.57. The summed E-state index contributed by atoms with van der Waals surface area (Å²) in [4.78, 5) is 62.4. The van der Waals surface area contributed by atoms with Gasteiger partial charge in [0.05, 0.1) is 11.5 Å². The Labute approximate surface area is 153 Å². The van der Waals surface area contributed by atoms with Crippen LogP contribution in [0.2, 0.25) is 0 Å². The summed E-state index contributed by atoms with van der Waals surface area (Å²) in [6.45, 7) is 0. The van der Waals surface area contributed by atoms with E-state index in [1.165, 1.54) is 6.07 Å². The molecule has 4 unspecified atom stereocenters. The zero-order valence-corrected chi connectivity index (χ0v) is 14.2. The molecule has 2 saturated carbocycles. The van der Waals surface area contributed by atoms with Gasteiger partial charge in [-0.1, -0.05) is 12.1 Å². The standard InChI is InChI=1S/C19H17NO7/c20-18(26)14-11(22)6-9-5-8-4-7-2-1-3-10(21)12(7)15(23)13(8)16(24)19(9,27)17(14)25/h1-3,8-9,13-14,21,27H,4-6H2,(H2,20,26)/t8?,9?,13?,14?,19-/m0/s1. The number of aliphatic hydroxyl groups is 1. The van der Waals surface area contributed by atoms with Gasteiger partial charge < -0.3 is 15.9 Å². The minimum Gasteiger partial charge on any atom is -0.507 e. The van der Waals surface area contributed by atoms with Gasteiger partial charge in [0.1, 0.15) is 5.75 Å². The monoisotopic (exact) mass is 371 g/mol. The second kappa shape index (κ2) is 5.56. The Balaban J connectivity index is 1.81. The quantitative estimate of drug-likeness (QED) is 0.553. The number of phenolic OH excluding ortho intramolecular Hbond substituents is 1. The molecular formula is C19H17NO7. The van der Waals surface area contributed by atoms with Crippen LogP contribution in [0.25, 0.3) is 0 Å². The first-order chi connectivity index (χ1) is 12.7. The summed E-state index contributed by atoms with van der Waals surface area (Å²) in [6.07, 6.45) is 0.0860. The molecule has 0 radical (unpaired) electrons. The van der Waals surface area contributed by atoms with E-state index >= 15 is 0 Å². The summed E-state index contributed by atoms with van der Waals surface area (Å²) >= 11 is 0. The van der Waals surface area contributed by atoms with Crippen molar-refractivity contribution in [3.05, 3.63) is 29.3 Å². The lowest BCUT2D eigenvalue weighted by Gasteiger charge is -2.48. The summed E-state index contributed by atoms with van der Waals surface area (Å²) in [5, 5.41) is 21.0. The molecule has 4 N–H and O–H groups in total. The molecule has 0 spiro atoms. The second-order valence-electron chi connectivity index (χ2n) is 7.55. The van der Waals surface area contributed by atoms with Crippen LogP contribution in [0.1, 0.15) is 28.8 Å². The highest BCUT2D eigenvalue weighted by Gasteiger charge is 2.65. The van der Waals surface area contributed by atoms with Gasteiger partial charge in [0.25, 0.3) is 0 Å². The van der Waals surface area contributed by atoms with E-state index in [2.05, 4.69) is 0 Å². The number of primary amides is 1. The second-order valence-corrected chi connectivity index (χ2v) is 7.55. The van der Waals surface area contributed by atoms with Crippen LogP contribution in [-0.2, 0) is 25.6 Å². The number of hydrogen-bond acceptors (Lipinski definition) is 7. The third-order valence-electron chi connectivity index (χ3n) is 6.14. The normalized spacial score (nSPS) is 35.3. The first kappa shape index (κ1) is 17.5. The predicted octanol–water partition coefficient (Wildman–Crippen LogP) is -0.673. The SMILES string of the molecule is NC(=O)C1C(=O)CC2CC3Cc4cccc(O)c4C(=O)C3C(=O)[C@]2(O)C1=O. The number of rotatable bonds is 1. The Kier molecular flexibility index (Phi) is 3.61. The number of amides is 1. The smallest absolute Gasteiger partial charge is 0.235 e. The van der Waals surface area contributed by atoms with Crippen LogP contribution in [0.5, 0.6) is 5.75 Å². The van der Waals surface area contributed by atoms with E-state index in [1.54, 1.807) is 12.1 Å². The Morgan fingerprint density at radius 2 is 1.81 bits per heavy atom. The highest BCUT2D eigenvalue weighted by molar-refractivity contribution is 6.31. The van der Waals surface area contributed by atoms with E-state index in [0.29, 0.717) is 12.0 Å². The number of carbonyl (C=O) groups is 5. The molecule has 3 aliphatic rings. The molecule has 0 heterocycles. The van der Waals surface area contributed by atoms with Crippen molar-refractivity contribution < 1.29 is 34.2 Å². The van der Waals surface area contributed by atoms with Gasteiger partial charge in [-0.05, 0) is 30.4 Å². The Hall–Kier alpha value is -2.87. The van der Waals surface area contributed by atoms with E-state index in [0.717, 1.165) is 0 Å². The number of fused-ring (bicyclic) bond motifs is 3. The predicted molar refractivity (Wildman–Crippen MR) is 88.5 cm³/mol. The minimum atomic E-state index is -2.59. The molecule has 8 heteroatoms. The maximum Gasteiger partial charge on any atom is 0.235 e. The molecule has 0 aromatic heterocycles. The summed E-state index contributed by atoms with van der Waals surface area (Å²) < 4.78 is 0. The van der Waals surface area contributed by atoms with Gasteiger partial charge in [0, 0.05) is 12.3 Å². The largest absolute Gasteiger partial charge is 0.507 e. The van der Waals surface area contributed by atoms with Crippen LogP contribution in [0.3, 0.4) is 0 Å². The van der Waals surface area contributed by atoms with Crippen molar-refractivity contribution in [2.24, 2.45) is 29.4 Å². The first-order valence-corrected chi connectivity index (χ1v) is 8.66. The summed E-state index contributed by atoms with van der Waals surface area (Å²) in [5.74, 6) is -9.78. The lowest BCUT2D eigenvalue weighted by Crippen LogP contribution is -2.68. The number of hydrogen-bond donors (Lipinski definition) is 3. The molecule has 5 atom stereocenters. The summed E-state index contributed by atoms with van der Waals surface area (Å²) in [5.41, 5.74) is 3.12. The molecule has 8 nitrogen and oxygen atoms in total. The summed E-state index contributed by atoms with van der Waals surface area (Å²) in [7, 11) is 0. The number of benzene rings is 1. The van der Waals surface area contributed by atoms with Crippen LogP contribution in [0, 0.1) is 23.7 Å². The number of Topliss-reactive ketones (excluding diaryl/α,β-unsaturated/α-hetero) is 4. The molecule has 0 bridgehead atoms. The molecule has 1 amide bonds. The van der Waals surface area contributed by atoms with Crippen LogP contribution < -0.4 is 5.73 Å². The van der Waals surface area contributed by atoms with E-state index in [9.17, 15) is 34.2 Å². The fraction of sp³-hybridized carbons (Fsp3) is 0.421. The maximum atomic E-state index is 13.1. The van der Waals surface area contributed by atoms with Crippen LogP contribution in [0.15, 0.2) is 18.2 Å². The van der Waals surface area contributed by atoms with Crippen molar-refractivity contribution in [1.82, 2.24) is 0 Å². The van der Waals surface area contributed by atoms with Crippen LogP contribution >= 0.6 is 0 Å². The Morgan fingerprint density at radius 3 is 2.48 bits per heavy atom. The van der Waals surface area contributed by atoms with Crippen LogP contribution in [0.4, 0.5) is 0 Å². The lowest BCUT2D eigenvalue weighted by atomic mass is 9.54. The number of aromatic hydroxyl groups is 1. The highest BCUT2D eigenvalue weighted by Crippen LogP contribution is 2.49. The zero-order valence-electron chi connectivity index (χ0n) is 14.2. The molecule has 1 aromatic carbocycles. The Bertz CT molecular complexity index is 936. The third kappa shape index (κ3) is 2.16. The fourth-order valence-corrected chi connectivity index (χ4v) is 4.91. The molecule has 4 rings (SSSR count). The molecular weight excluding hydrogens is 354 g/mol. The van der Waals surface area contributed by atoms with Gasteiger partial charge in [-0.2, -0.15) is 0 Å². The molecule has 140 valence electrons. The first-order valence-electron chi connectivity index (χ1n) is 8.66. The Morgan fingerprint density at radius 1 is 1.11 bits per heavy atom. The zero-order chi connectivity index (χ0) is 19.7. The van der Waals surface area contributed by atoms with Gasteiger partial charge in [0.15, 0.2) is 34.7 Å². The van der Waals surface area contributed by atoms with E-state index in [4.69, 9.17) is 5.73 Å². The van der Waals surface area contributed by atoms with E-state index in [-0.39, 0.29) is 24.2 Å². The molecule has 0 saturated heterocycles. The average molecular weight is 371 g/mol. The fourth-order valence-electron chi connectivity index (χ4n) is 4.91. The number of phenols is 1. The van der Waals surface area contributed by atoms with Crippen molar-refractivity contribution in [2.75, 3.05) is 0 Å². The van der Waals surface area contributed by atoms with Gasteiger partial charge >= 0.3 is 0 Å². The van der Waals surface area contributed by atoms with Gasteiger partial charge in [-0.3, -0.25) is 24.0 Å². The number of ketones is 4. The molecule has 0 aliphatic heterocycles. The number of carbonyl (C=O) groups excluding carboxylic acids is 5. The molecule has 1 aromatic rings. The minimum absolute atomic E-state index is 0.0138. The highest BCUT2D eigenvalue weighted by atomic mass is 16.3. The van der Waals surface area contributed by atoms with Crippen molar-refractivity contribution >= 4 is 29.0 Å². The van der Waals surface area contributed by atoms with E-state index < -0.39 is 58.3 Å². The van der Waals surface area contributed by atoms with Crippen molar-refractivity contribution in [1.29, 1.82) is 0 Å². The lowest BCUT2D eigenvalue weighted by molar-refractivity contribution is -0.175.